The summed E-state index contributed by atoms with van der Waals surface area (Å²) < 4.78 is 6.29. The summed E-state index contributed by atoms with van der Waals surface area (Å²) in [5, 5.41) is 0. The van der Waals surface area contributed by atoms with Crippen molar-refractivity contribution in [1.82, 2.24) is 0 Å². The Morgan fingerprint density at radius 1 is 0.656 bits per heavy atom. The van der Waals surface area contributed by atoms with Crippen molar-refractivity contribution in [2.75, 3.05) is 0 Å². The molecule has 0 unspecified atom stereocenters. The number of hydrogen-bond acceptors (Lipinski definition) is 0. The van der Waals surface area contributed by atoms with Crippen LogP contribution < -0.4 is 0 Å². The normalized spacial score (nSPS) is 11.7. The first kappa shape index (κ1) is 24.9. The van der Waals surface area contributed by atoms with Crippen molar-refractivity contribution in [3.05, 3.63) is 114 Å². The Kier molecular flexibility index (Phi) is 9.25. The van der Waals surface area contributed by atoms with Gasteiger partial charge in [0.25, 0.3) is 0 Å². The average molecular weight is 547 g/mol. The van der Waals surface area contributed by atoms with Crippen LogP contribution in [0.2, 0.25) is 0 Å². The van der Waals surface area contributed by atoms with Crippen molar-refractivity contribution in [2.24, 2.45) is 0 Å². The summed E-state index contributed by atoms with van der Waals surface area (Å²) in [5.41, 5.74) is 5.76. The molecule has 32 heavy (non-hydrogen) atoms. The molecule has 1 nitrogen and oxygen atoms in total. The molecule has 0 atom stereocenters. The third-order valence-electron chi connectivity index (χ3n) is 4.61. The van der Waals surface area contributed by atoms with Gasteiger partial charge in [0.15, 0.2) is 0 Å². The summed E-state index contributed by atoms with van der Waals surface area (Å²) in [6, 6.07) is 33.1. The zero-order valence-electron chi connectivity index (χ0n) is 17.2. The average Bonchev–Trinajstić information content (AvgIpc) is 2.79. The van der Waals surface area contributed by atoms with E-state index in [4.69, 9.17) is 44.8 Å². The summed E-state index contributed by atoms with van der Waals surface area (Å²) in [7, 11) is 17.2. The summed E-state index contributed by atoms with van der Waals surface area (Å²) in [6.07, 6.45) is 4.12. The van der Waals surface area contributed by atoms with Crippen LogP contribution in [0.15, 0.2) is 101 Å². The molecule has 0 aliphatic carbocycles. The minimum absolute atomic E-state index is 0.835. The maximum atomic E-state index is 6.29. The Balaban J connectivity index is 0.000000523. The molecule has 0 N–H and O–H groups in total. The Morgan fingerprint density at radius 2 is 1.12 bits per heavy atom. The van der Waals surface area contributed by atoms with Gasteiger partial charge >= 0.3 is 61.1 Å². The van der Waals surface area contributed by atoms with Crippen molar-refractivity contribution < 1.29 is 13.6 Å². The van der Waals surface area contributed by atoms with E-state index in [-0.39, 0.29) is 0 Å². The fourth-order valence-corrected chi connectivity index (χ4v) is 3.20. The van der Waals surface area contributed by atoms with Crippen molar-refractivity contribution in [3.63, 3.8) is 0 Å². The fraction of sp³-hybridized carbons (Fsp3) is 0.0385. The number of hydrogen-bond donors (Lipinski definition) is 0. The van der Waals surface area contributed by atoms with Crippen LogP contribution >= 0.6 is 40.4 Å². The summed E-state index contributed by atoms with van der Waals surface area (Å²) >= 11 is 0. The van der Waals surface area contributed by atoms with E-state index < -0.39 is 9.20 Å². The monoisotopic (exact) mass is 545 g/mol. The molecule has 0 amide bonds. The van der Waals surface area contributed by atoms with E-state index in [1.165, 1.54) is 11.1 Å². The van der Waals surface area contributed by atoms with Gasteiger partial charge in [-0.2, -0.15) is 0 Å². The van der Waals surface area contributed by atoms with Crippen LogP contribution in [0.4, 0.5) is 0 Å². The van der Waals surface area contributed by atoms with Gasteiger partial charge in [-0.3, -0.25) is 0 Å². The molecule has 0 spiro atoms. The van der Waals surface area contributed by atoms with Gasteiger partial charge < -0.3 is 0 Å². The first-order chi connectivity index (χ1) is 15.3. The molecule has 0 bridgehead atoms. The molecular weight excluding hydrogens is 526 g/mol. The maximum absolute atomic E-state index is 6.29. The van der Waals surface area contributed by atoms with Gasteiger partial charge in [0.1, 0.15) is 0 Å². The molecular formula is C26H21Cl4FeO. The number of rotatable bonds is 4. The Hall–Kier alpha value is -1.77. The number of halogens is 4. The van der Waals surface area contributed by atoms with Gasteiger partial charge in [-0.05, 0) is 36.3 Å². The van der Waals surface area contributed by atoms with E-state index >= 15 is 0 Å². The molecule has 3 aromatic carbocycles. The second kappa shape index (κ2) is 11.9. The summed E-state index contributed by atoms with van der Waals surface area (Å²) in [6.45, 7) is 2.12. The Morgan fingerprint density at radius 3 is 1.66 bits per heavy atom. The molecule has 167 valence electrons. The third kappa shape index (κ3) is 7.98. The minimum atomic E-state index is -2.61. The molecule has 4 aromatic rings. The van der Waals surface area contributed by atoms with E-state index in [0.717, 1.165) is 28.2 Å². The zero-order valence-corrected chi connectivity index (χ0v) is 21.3. The van der Waals surface area contributed by atoms with Crippen molar-refractivity contribution in [1.29, 1.82) is 0 Å². The standard InChI is InChI=1S/C26H21O.4ClH.Fe/c1-20-25(22-13-7-3-8-14-22)19-24(18-17-21-11-5-2-6-12-21)27-26(20)23-15-9-4-10-16-23;;;;;/h2-19H,1H3;4*1H;/q+1;;;;;+3/p-4/b18-17+;;;;;. The fourth-order valence-electron chi connectivity index (χ4n) is 3.20. The van der Waals surface area contributed by atoms with E-state index in [9.17, 15) is 0 Å². The SMILES string of the molecule is Cc1c(-c2ccccc2)cc(/C=C/c2ccccc2)[o+]c1-c1ccccc1.[Cl][Fe-]([Cl])([Cl])[Cl]. The van der Waals surface area contributed by atoms with E-state index in [1.807, 2.05) is 48.5 Å². The molecule has 4 rings (SSSR count). The van der Waals surface area contributed by atoms with Gasteiger partial charge in [-0.15, -0.1) is 0 Å². The zero-order chi connectivity index (χ0) is 23.0. The summed E-state index contributed by atoms with van der Waals surface area (Å²) in [4.78, 5) is 0. The van der Waals surface area contributed by atoms with Crippen molar-refractivity contribution >= 4 is 52.5 Å². The van der Waals surface area contributed by atoms with Gasteiger partial charge in [0.2, 0.25) is 0 Å². The molecule has 0 saturated heterocycles. The Labute approximate surface area is 208 Å². The van der Waals surface area contributed by atoms with Crippen LogP contribution in [0.5, 0.6) is 0 Å². The first-order valence-electron chi connectivity index (χ1n) is 9.66. The third-order valence-corrected chi connectivity index (χ3v) is 4.61. The second-order valence-corrected chi connectivity index (χ2v) is 17.7. The topological polar surface area (TPSA) is 11.3 Å². The molecule has 0 saturated carbocycles. The molecule has 0 aliphatic heterocycles. The molecule has 0 radical (unpaired) electrons. The van der Waals surface area contributed by atoms with E-state index in [0.29, 0.717) is 0 Å². The predicted molar refractivity (Wildman–Crippen MR) is 138 cm³/mol. The van der Waals surface area contributed by atoms with E-state index in [2.05, 4.69) is 67.6 Å². The molecule has 6 heteroatoms. The van der Waals surface area contributed by atoms with Crippen LogP contribution in [-0.4, -0.2) is 0 Å². The van der Waals surface area contributed by atoms with Crippen LogP contribution in [0, 0.1) is 6.92 Å². The number of benzene rings is 3. The molecule has 1 heterocycles. The predicted octanol–water partition coefficient (Wildman–Crippen LogP) is 10.1. The van der Waals surface area contributed by atoms with Gasteiger partial charge in [0.05, 0.1) is 17.2 Å². The van der Waals surface area contributed by atoms with Crippen LogP contribution in [0.3, 0.4) is 0 Å². The summed E-state index contributed by atoms with van der Waals surface area (Å²) in [5.74, 6) is 1.74. The van der Waals surface area contributed by atoms with Gasteiger partial charge in [-0.25, -0.2) is 4.42 Å². The first-order valence-corrected chi connectivity index (χ1v) is 15.7. The van der Waals surface area contributed by atoms with Crippen LogP contribution in [0.1, 0.15) is 16.9 Å². The van der Waals surface area contributed by atoms with Crippen LogP contribution in [-0.2, 0) is 9.20 Å². The van der Waals surface area contributed by atoms with Crippen molar-refractivity contribution in [2.45, 2.75) is 6.92 Å². The molecule has 1 aromatic heterocycles. The quantitative estimate of drug-likeness (QED) is 0.183. The van der Waals surface area contributed by atoms with Gasteiger partial charge in [0, 0.05) is 11.6 Å². The molecule has 0 fully saturated rings. The van der Waals surface area contributed by atoms with Gasteiger partial charge in [-0.1, -0.05) is 78.9 Å². The molecule has 0 aliphatic rings. The van der Waals surface area contributed by atoms with Crippen LogP contribution in [0.25, 0.3) is 34.6 Å². The van der Waals surface area contributed by atoms with E-state index in [1.54, 1.807) is 0 Å². The van der Waals surface area contributed by atoms with Crippen molar-refractivity contribution in [3.8, 4) is 22.5 Å². The second-order valence-electron chi connectivity index (χ2n) is 6.80. The Bertz CT molecular complexity index is 1090.